The zero-order chi connectivity index (χ0) is 12.1. The molecule has 90 valence electrons. The van der Waals surface area contributed by atoms with E-state index >= 15 is 0 Å². The highest BCUT2D eigenvalue weighted by atomic mass is 19.3. The van der Waals surface area contributed by atoms with Gasteiger partial charge in [-0.2, -0.15) is 8.78 Å². The third-order valence-corrected chi connectivity index (χ3v) is 2.19. The summed E-state index contributed by atoms with van der Waals surface area (Å²) in [5.41, 5.74) is 0.801. The van der Waals surface area contributed by atoms with E-state index in [1.807, 2.05) is 0 Å². The van der Waals surface area contributed by atoms with Crippen molar-refractivity contribution in [3.8, 4) is 0 Å². The summed E-state index contributed by atoms with van der Waals surface area (Å²) < 4.78 is 25.8. The highest BCUT2D eigenvalue weighted by Gasteiger charge is 2.10. The summed E-state index contributed by atoms with van der Waals surface area (Å²) in [6.07, 6.45) is 5.68. The first-order valence-corrected chi connectivity index (χ1v) is 5.03. The van der Waals surface area contributed by atoms with Gasteiger partial charge in [-0.15, -0.1) is 0 Å². The van der Waals surface area contributed by atoms with E-state index in [1.165, 1.54) is 18.7 Å². The van der Waals surface area contributed by atoms with E-state index in [0.29, 0.717) is 12.4 Å². The number of hydrogen-bond donors (Lipinski definition) is 1. The van der Waals surface area contributed by atoms with Crippen molar-refractivity contribution in [1.82, 2.24) is 24.8 Å². The molecule has 0 bridgehead atoms. The van der Waals surface area contributed by atoms with E-state index in [1.54, 1.807) is 12.3 Å². The van der Waals surface area contributed by atoms with Crippen molar-refractivity contribution in [2.24, 2.45) is 0 Å². The maximum absolute atomic E-state index is 12.5. The molecular weight excluding hydrogens is 228 g/mol. The molecule has 0 saturated heterocycles. The van der Waals surface area contributed by atoms with E-state index in [2.05, 4.69) is 20.3 Å². The maximum atomic E-state index is 12.5. The second-order valence-corrected chi connectivity index (χ2v) is 3.33. The average molecular weight is 239 g/mol. The van der Waals surface area contributed by atoms with Crippen molar-refractivity contribution in [2.75, 3.05) is 0 Å². The minimum absolute atomic E-state index is 0.265. The number of rotatable bonds is 5. The lowest BCUT2D eigenvalue weighted by molar-refractivity contribution is 0.0666. The normalized spacial score (nSPS) is 11.0. The average Bonchev–Trinajstić information content (AvgIpc) is 2.79. The number of alkyl halides is 2. The largest absolute Gasteiger partial charge is 0.319 e. The predicted molar refractivity (Wildman–Crippen MR) is 56.1 cm³/mol. The first kappa shape index (κ1) is 11.6. The standard InChI is InChI=1S/C10H11F2N5/c11-10(12)17-4-3-15-9(17)6-14-5-8-1-2-13-7-16-8/h1-4,7,10,14H,5-6H2. The Bertz CT molecular complexity index is 457. The second kappa shape index (κ2) is 5.44. The Balaban J connectivity index is 1.88. The smallest absolute Gasteiger partial charge is 0.304 e. The Labute approximate surface area is 96.5 Å². The van der Waals surface area contributed by atoms with Crippen molar-refractivity contribution < 1.29 is 8.78 Å². The van der Waals surface area contributed by atoms with Crippen LogP contribution in [0.2, 0.25) is 0 Å². The molecule has 1 N–H and O–H groups in total. The molecule has 0 unspecified atom stereocenters. The Morgan fingerprint density at radius 1 is 1.24 bits per heavy atom. The van der Waals surface area contributed by atoms with Crippen LogP contribution < -0.4 is 5.32 Å². The van der Waals surface area contributed by atoms with Gasteiger partial charge in [-0.05, 0) is 6.07 Å². The van der Waals surface area contributed by atoms with Gasteiger partial charge in [0.15, 0.2) is 0 Å². The van der Waals surface area contributed by atoms with Crippen LogP contribution in [0, 0.1) is 0 Å². The fourth-order valence-corrected chi connectivity index (χ4v) is 1.38. The van der Waals surface area contributed by atoms with E-state index in [4.69, 9.17) is 0 Å². The zero-order valence-corrected chi connectivity index (χ0v) is 8.92. The summed E-state index contributed by atoms with van der Waals surface area (Å²) >= 11 is 0. The minimum Gasteiger partial charge on any atom is -0.304 e. The fraction of sp³-hybridized carbons (Fsp3) is 0.300. The number of nitrogens with one attached hydrogen (secondary N) is 1. The first-order chi connectivity index (χ1) is 8.27. The molecule has 0 aliphatic carbocycles. The van der Waals surface area contributed by atoms with Crippen molar-refractivity contribution in [3.05, 3.63) is 42.5 Å². The molecule has 0 radical (unpaired) electrons. The van der Waals surface area contributed by atoms with Gasteiger partial charge in [0.1, 0.15) is 12.2 Å². The SMILES string of the molecule is FC(F)n1ccnc1CNCc1ccncn1. The molecule has 0 aliphatic heterocycles. The maximum Gasteiger partial charge on any atom is 0.319 e. The molecule has 0 aliphatic rings. The second-order valence-electron chi connectivity index (χ2n) is 3.33. The number of nitrogens with zero attached hydrogens (tertiary/aromatic N) is 4. The van der Waals surface area contributed by atoms with Crippen LogP contribution >= 0.6 is 0 Å². The van der Waals surface area contributed by atoms with Gasteiger partial charge in [0, 0.05) is 25.1 Å². The van der Waals surface area contributed by atoms with Crippen molar-refractivity contribution in [1.29, 1.82) is 0 Å². The lowest BCUT2D eigenvalue weighted by Gasteiger charge is -2.07. The summed E-state index contributed by atoms with van der Waals surface area (Å²) in [6, 6.07) is 1.76. The molecule has 0 spiro atoms. The minimum atomic E-state index is -2.56. The van der Waals surface area contributed by atoms with Gasteiger partial charge < -0.3 is 5.32 Å². The first-order valence-electron chi connectivity index (χ1n) is 5.03. The van der Waals surface area contributed by atoms with Gasteiger partial charge in [0.2, 0.25) is 0 Å². The van der Waals surface area contributed by atoms with Gasteiger partial charge in [0.25, 0.3) is 0 Å². The molecule has 0 atom stereocenters. The number of imidazole rings is 1. The Morgan fingerprint density at radius 2 is 2.12 bits per heavy atom. The lowest BCUT2D eigenvalue weighted by Crippen LogP contribution is -2.17. The van der Waals surface area contributed by atoms with Crippen molar-refractivity contribution in [2.45, 2.75) is 19.6 Å². The molecule has 5 nitrogen and oxygen atoms in total. The highest BCUT2D eigenvalue weighted by Crippen LogP contribution is 2.11. The van der Waals surface area contributed by atoms with Crippen LogP contribution in [0.5, 0.6) is 0 Å². The number of hydrogen-bond acceptors (Lipinski definition) is 4. The van der Waals surface area contributed by atoms with Gasteiger partial charge in [0.05, 0.1) is 12.2 Å². The summed E-state index contributed by atoms with van der Waals surface area (Å²) in [5, 5.41) is 2.99. The van der Waals surface area contributed by atoms with Crippen LogP contribution in [0.15, 0.2) is 31.0 Å². The predicted octanol–water partition coefficient (Wildman–Crippen LogP) is 1.36. The van der Waals surface area contributed by atoms with E-state index < -0.39 is 6.55 Å². The zero-order valence-electron chi connectivity index (χ0n) is 8.92. The topological polar surface area (TPSA) is 55.6 Å². The summed E-state index contributed by atoms with van der Waals surface area (Å²) in [5.74, 6) is 0.300. The summed E-state index contributed by atoms with van der Waals surface area (Å²) in [6.45, 7) is -1.81. The van der Waals surface area contributed by atoms with Crippen molar-refractivity contribution in [3.63, 3.8) is 0 Å². The molecule has 2 aromatic rings. The van der Waals surface area contributed by atoms with Crippen LogP contribution in [0.1, 0.15) is 18.1 Å². The Morgan fingerprint density at radius 3 is 2.82 bits per heavy atom. The Hall–Kier alpha value is -1.89. The molecule has 0 amide bonds. The van der Waals surface area contributed by atoms with Gasteiger partial charge in [-0.3, -0.25) is 4.57 Å². The lowest BCUT2D eigenvalue weighted by atomic mass is 10.4. The molecule has 17 heavy (non-hydrogen) atoms. The highest BCUT2D eigenvalue weighted by molar-refractivity contribution is 4.98. The van der Waals surface area contributed by atoms with E-state index in [0.717, 1.165) is 10.3 Å². The molecule has 7 heteroatoms. The molecule has 2 rings (SSSR count). The number of halogens is 2. The third-order valence-electron chi connectivity index (χ3n) is 2.19. The van der Waals surface area contributed by atoms with E-state index in [9.17, 15) is 8.78 Å². The summed E-state index contributed by atoms with van der Waals surface area (Å²) in [7, 11) is 0. The molecular formula is C10H11F2N5. The van der Waals surface area contributed by atoms with Crippen LogP contribution in [0.25, 0.3) is 0 Å². The number of aromatic nitrogens is 4. The van der Waals surface area contributed by atoms with Crippen LogP contribution in [-0.2, 0) is 13.1 Å². The van der Waals surface area contributed by atoms with Gasteiger partial charge in [-0.1, -0.05) is 0 Å². The molecule has 0 saturated carbocycles. The van der Waals surface area contributed by atoms with Crippen LogP contribution in [0.3, 0.4) is 0 Å². The monoisotopic (exact) mass is 239 g/mol. The molecule has 0 fully saturated rings. The molecule has 0 aromatic carbocycles. The van der Waals surface area contributed by atoms with Crippen molar-refractivity contribution >= 4 is 0 Å². The molecule has 2 heterocycles. The van der Waals surface area contributed by atoms with Crippen LogP contribution in [-0.4, -0.2) is 19.5 Å². The molecule has 2 aromatic heterocycles. The quantitative estimate of drug-likeness (QED) is 0.855. The van der Waals surface area contributed by atoms with E-state index in [-0.39, 0.29) is 6.54 Å². The summed E-state index contributed by atoms with van der Waals surface area (Å²) in [4.78, 5) is 11.6. The fourth-order valence-electron chi connectivity index (χ4n) is 1.38. The Kier molecular flexibility index (Phi) is 3.71. The van der Waals surface area contributed by atoms with Gasteiger partial charge >= 0.3 is 6.55 Å². The van der Waals surface area contributed by atoms with Crippen LogP contribution in [0.4, 0.5) is 8.78 Å². The van der Waals surface area contributed by atoms with Gasteiger partial charge in [-0.25, -0.2) is 15.0 Å². The third kappa shape index (κ3) is 3.04.